The second-order valence-corrected chi connectivity index (χ2v) is 16.5. The molecule has 50 heavy (non-hydrogen) atoms. The second-order valence-electron chi connectivity index (χ2n) is 16.5. The third-order valence-electron chi connectivity index (χ3n) is 14.4. The van der Waals surface area contributed by atoms with Gasteiger partial charge < -0.3 is 8.80 Å². The molecule has 0 saturated heterocycles. The summed E-state index contributed by atoms with van der Waals surface area (Å²) in [5.41, 5.74) is 14.5. The van der Waals surface area contributed by atoms with E-state index in [1.165, 1.54) is 98.4 Å². The normalized spacial score (nSPS) is 23.6. The molecule has 4 aromatic heterocycles. The van der Waals surface area contributed by atoms with Crippen LogP contribution in [0.15, 0.2) is 60.7 Å². The predicted molar refractivity (Wildman–Crippen MR) is 203 cm³/mol. The van der Waals surface area contributed by atoms with E-state index < -0.39 is 0 Å². The third-order valence-corrected chi connectivity index (χ3v) is 14.4. The quantitative estimate of drug-likeness (QED) is 0.164. The Morgan fingerprint density at radius 3 is 1.26 bits per heavy atom. The van der Waals surface area contributed by atoms with Gasteiger partial charge in [-0.1, -0.05) is 36.4 Å². The molecule has 0 atom stereocenters. The molecule has 0 amide bonds. The van der Waals surface area contributed by atoms with Crippen LogP contribution in [0.25, 0.3) is 76.2 Å². The summed E-state index contributed by atoms with van der Waals surface area (Å²) >= 11 is 0. The van der Waals surface area contributed by atoms with Crippen molar-refractivity contribution in [2.45, 2.75) is 77.0 Å². The molecule has 4 bridgehead atoms. The molecule has 5 aromatic carbocycles. The van der Waals surface area contributed by atoms with E-state index >= 15 is 0 Å². The summed E-state index contributed by atoms with van der Waals surface area (Å²) in [5, 5.41) is 10.3. The number of hydrogen-bond donors (Lipinski definition) is 0. The van der Waals surface area contributed by atoms with Crippen molar-refractivity contribution in [2.75, 3.05) is 0 Å². The smallest absolute Gasteiger partial charge is 0.166 e. The van der Waals surface area contributed by atoms with Crippen molar-refractivity contribution in [3.63, 3.8) is 0 Å². The highest BCUT2D eigenvalue weighted by Gasteiger charge is 2.38. The number of aryl methyl sites for hydroxylation is 2. The highest BCUT2D eigenvalue weighted by Crippen LogP contribution is 2.52. The lowest BCUT2D eigenvalue weighted by Gasteiger charge is -2.22. The van der Waals surface area contributed by atoms with Crippen molar-refractivity contribution in [1.29, 1.82) is 0 Å². The van der Waals surface area contributed by atoms with Gasteiger partial charge in [-0.2, -0.15) is 0 Å². The number of carbonyl (C=O) groups excluding carboxylic acids is 2. The van der Waals surface area contributed by atoms with Gasteiger partial charge in [0.05, 0.1) is 33.1 Å². The molecular weight excluding hydrogens is 613 g/mol. The number of nitrogens with zero attached hydrogens (tertiary/aromatic N) is 2. The zero-order valence-electron chi connectivity index (χ0n) is 28.5. The van der Waals surface area contributed by atoms with Crippen LogP contribution in [0.5, 0.6) is 0 Å². The fourth-order valence-electron chi connectivity index (χ4n) is 12.2. The van der Waals surface area contributed by atoms with Crippen LogP contribution in [0.4, 0.5) is 0 Å². The number of Topliss-reactive ketones (excluding diaryl/α,β-unsaturated/α-hetero) is 2. The van der Waals surface area contributed by atoms with Gasteiger partial charge in [0.15, 0.2) is 11.6 Å². The first-order valence-corrected chi connectivity index (χ1v) is 19.0. The minimum absolute atomic E-state index is 0.175. The minimum Gasteiger partial charge on any atom is -0.308 e. The Hall–Kier alpha value is -4.96. The molecule has 242 valence electrons. The lowest BCUT2D eigenvalue weighted by molar-refractivity contribution is 0.0891. The van der Waals surface area contributed by atoms with E-state index in [0.29, 0.717) is 23.4 Å². The molecule has 6 aliphatic rings. The summed E-state index contributed by atoms with van der Waals surface area (Å²) in [6.07, 6.45) is 8.63. The number of fused-ring (bicyclic) bond motifs is 16. The average Bonchev–Trinajstić information content (AvgIpc) is 3.80. The third kappa shape index (κ3) is 2.86. The predicted octanol–water partition coefficient (Wildman–Crippen LogP) is 11.5. The second kappa shape index (κ2) is 8.66. The summed E-state index contributed by atoms with van der Waals surface area (Å²) in [6.45, 7) is 4.63. The molecule has 0 N–H and O–H groups in total. The number of aromatic nitrogens is 2. The number of benzene rings is 5. The van der Waals surface area contributed by atoms with E-state index in [-0.39, 0.29) is 11.8 Å². The van der Waals surface area contributed by atoms with Gasteiger partial charge in [-0.3, -0.25) is 9.59 Å². The van der Waals surface area contributed by atoms with E-state index in [2.05, 4.69) is 83.3 Å². The summed E-state index contributed by atoms with van der Waals surface area (Å²) in [6, 6.07) is 23.0. The Morgan fingerprint density at radius 2 is 0.840 bits per heavy atom. The molecular formula is C46H36N2O2. The molecule has 4 heterocycles. The highest BCUT2D eigenvalue weighted by molar-refractivity contribution is 6.31. The maximum absolute atomic E-state index is 13.9. The first kappa shape index (κ1) is 26.8. The molecule has 4 nitrogen and oxygen atoms in total. The summed E-state index contributed by atoms with van der Waals surface area (Å²) in [4.78, 5) is 27.9. The molecule has 0 aliphatic heterocycles. The Labute approximate surface area is 288 Å². The van der Waals surface area contributed by atoms with Crippen molar-refractivity contribution in [3.8, 4) is 0 Å². The van der Waals surface area contributed by atoms with Crippen molar-refractivity contribution >= 4 is 87.8 Å². The monoisotopic (exact) mass is 648 g/mol. The molecule has 0 radical (unpaired) electrons. The van der Waals surface area contributed by atoms with Crippen LogP contribution in [0, 0.1) is 25.7 Å². The van der Waals surface area contributed by atoms with E-state index in [0.717, 1.165) is 62.5 Å². The van der Waals surface area contributed by atoms with Crippen LogP contribution in [-0.2, 0) is 0 Å². The van der Waals surface area contributed by atoms with Gasteiger partial charge in [-0.15, -0.1) is 0 Å². The first-order chi connectivity index (χ1) is 24.5. The fourth-order valence-corrected chi connectivity index (χ4v) is 12.2. The molecule has 0 unspecified atom stereocenters. The Morgan fingerprint density at radius 1 is 0.460 bits per heavy atom. The van der Waals surface area contributed by atoms with Gasteiger partial charge in [0.25, 0.3) is 0 Å². The van der Waals surface area contributed by atoms with Crippen molar-refractivity contribution in [3.05, 3.63) is 94.0 Å². The lowest BCUT2D eigenvalue weighted by atomic mass is 9.82. The van der Waals surface area contributed by atoms with E-state index in [1.807, 2.05) is 0 Å². The molecule has 9 aromatic rings. The molecule has 2 saturated carbocycles. The maximum atomic E-state index is 13.9. The summed E-state index contributed by atoms with van der Waals surface area (Å²) in [5.74, 6) is 2.06. The molecule has 4 heteroatoms. The highest BCUT2D eigenvalue weighted by atomic mass is 16.1. The van der Waals surface area contributed by atoms with Crippen molar-refractivity contribution < 1.29 is 9.59 Å². The number of carbonyl (C=O) groups is 2. The summed E-state index contributed by atoms with van der Waals surface area (Å²) < 4.78 is 5.02. The van der Waals surface area contributed by atoms with Gasteiger partial charge in [0, 0.05) is 66.1 Å². The fraction of sp³-hybridized carbons (Fsp3) is 0.304. The SMILES string of the molecule is Cc1c2c3cccc4c5cc6c(cc5n(c2c(C)c2c5cccc7c8cc9c(cc8n(c12)c75)C(=O)C1CCC9CC1)c43)C(=O)C1CCC6CC1. The van der Waals surface area contributed by atoms with E-state index in [9.17, 15) is 9.59 Å². The van der Waals surface area contributed by atoms with E-state index in [4.69, 9.17) is 0 Å². The van der Waals surface area contributed by atoms with Crippen LogP contribution in [-0.4, -0.2) is 20.4 Å². The van der Waals surface area contributed by atoms with Gasteiger partial charge in [0.1, 0.15) is 0 Å². The molecule has 0 spiro atoms. The zero-order chi connectivity index (χ0) is 32.9. The van der Waals surface area contributed by atoms with Crippen LogP contribution in [0.1, 0.15) is 106 Å². The lowest BCUT2D eigenvalue weighted by Crippen LogP contribution is -2.15. The van der Waals surface area contributed by atoms with Gasteiger partial charge in [0.2, 0.25) is 0 Å². The molecule has 2 fully saturated rings. The molecule has 6 aliphatic carbocycles. The van der Waals surface area contributed by atoms with Crippen LogP contribution < -0.4 is 0 Å². The largest absolute Gasteiger partial charge is 0.308 e. The maximum Gasteiger partial charge on any atom is 0.166 e. The minimum atomic E-state index is 0.175. The van der Waals surface area contributed by atoms with Crippen molar-refractivity contribution in [2.24, 2.45) is 11.8 Å². The Bertz CT molecular complexity index is 2860. The van der Waals surface area contributed by atoms with Crippen LogP contribution >= 0.6 is 0 Å². The molecule has 15 rings (SSSR count). The standard InChI is InChI=1S/C46H36N2O2/c1-21-39-29-7-3-5-27-34-18-32-24-11-15-26(16-12-24)46(50)36(32)20-38(34)48(43(27)29)42(39)22(2)40-30-8-4-6-28-33-17-31-23-9-13-25(14-10-23)45(49)35(31)19-37(33)47(41(21)40)44(28)30/h3-8,17-20,23-26H,9-16H2,1-2H3. The Kier molecular flexibility index (Phi) is 4.65. The van der Waals surface area contributed by atoms with Crippen molar-refractivity contribution in [1.82, 2.24) is 8.80 Å². The van der Waals surface area contributed by atoms with Crippen LogP contribution in [0.2, 0.25) is 0 Å². The number of para-hydroxylation sites is 2. The van der Waals surface area contributed by atoms with Gasteiger partial charge in [-0.05, 0) is 124 Å². The number of rotatable bonds is 0. The van der Waals surface area contributed by atoms with E-state index in [1.54, 1.807) is 0 Å². The average molecular weight is 649 g/mol. The Balaban J connectivity index is 1.21. The summed E-state index contributed by atoms with van der Waals surface area (Å²) in [7, 11) is 0. The van der Waals surface area contributed by atoms with Gasteiger partial charge in [-0.25, -0.2) is 0 Å². The number of ketones is 2. The first-order valence-electron chi connectivity index (χ1n) is 19.0. The zero-order valence-corrected chi connectivity index (χ0v) is 28.5. The number of hydrogen-bond acceptors (Lipinski definition) is 2. The van der Waals surface area contributed by atoms with Crippen LogP contribution in [0.3, 0.4) is 0 Å². The van der Waals surface area contributed by atoms with Gasteiger partial charge >= 0.3 is 0 Å². The topological polar surface area (TPSA) is 43.0 Å².